The van der Waals surface area contributed by atoms with Gasteiger partial charge in [-0.3, -0.25) is 13.9 Å². The maximum absolute atomic E-state index is 14.5. The molecule has 0 spiro atoms. The van der Waals surface area contributed by atoms with Crippen LogP contribution in [0.25, 0.3) is 0 Å². The zero-order chi connectivity index (χ0) is 35.9. The Morgan fingerprint density at radius 3 is 2.16 bits per heavy atom. The van der Waals surface area contributed by atoms with Crippen molar-refractivity contribution in [1.82, 2.24) is 10.2 Å². The monoisotopic (exact) mass is 715 g/mol. The summed E-state index contributed by atoms with van der Waals surface area (Å²) in [5.41, 5.74) is 0.346. The fraction of sp³-hybridized carbons (Fsp3) is 0.278. The maximum atomic E-state index is 14.5. The number of anilines is 1. The van der Waals surface area contributed by atoms with Crippen LogP contribution in [0.1, 0.15) is 36.1 Å². The molecule has 1 atom stereocenters. The number of amides is 2. The highest BCUT2D eigenvalue weighted by molar-refractivity contribution is 7.92. The van der Waals surface area contributed by atoms with Crippen molar-refractivity contribution in [3.8, 4) is 5.75 Å². The molecule has 0 aliphatic carbocycles. The SMILES string of the molecule is COc1cccc(CN(C(=O)CN(c2ccc(Cl)c(C(F)(F)F)c2)S(=O)(=O)c2ccc(C)cc2)[C@H](Cc2ccccc2)C(=O)NC(C)C)c1. The Bertz CT molecular complexity index is 1870. The first kappa shape index (κ1) is 37.3. The third kappa shape index (κ3) is 9.54. The predicted molar refractivity (Wildman–Crippen MR) is 183 cm³/mol. The van der Waals surface area contributed by atoms with E-state index in [0.29, 0.717) is 21.7 Å². The van der Waals surface area contributed by atoms with Crippen molar-refractivity contribution in [3.63, 3.8) is 0 Å². The maximum Gasteiger partial charge on any atom is 0.417 e. The lowest BCUT2D eigenvalue weighted by Crippen LogP contribution is -2.54. The molecule has 0 saturated carbocycles. The zero-order valence-electron chi connectivity index (χ0n) is 27.4. The van der Waals surface area contributed by atoms with Crippen molar-refractivity contribution in [2.24, 2.45) is 0 Å². The van der Waals surface area contributed by atoms with Crippen molar-refractivity contribution in [2.75, 3.05) is 18.0 Å². The second kappa shape index (κ2) is 15.8. The van der Waals surface area contributed by atoms with Crippen LogP contribution in [-0.4, -0.2) is 50.9 Å². The van der Waals surface area contributed by atoms with E-state index in [2.05, 4.69) is 5.32 Å². The average molecular weight is 716 g/mol. The van der Waals surface area contributed by atoms with Crippen LogP contribution in [0.15, 0.2) is 102 Å². The van der Waals surface area contributed by atoms with E-state index in [4.69, 9.17) is 16.3 Å². The van der Waals surface area contributed by atoms with Gasteiger partial charge in [0.25, 0.3) is 10.0 Å². The average Bonchev–Trinajstić information content (AvgIpc) is 3.05. The third-order valence-electron chi connectivity index (χ3n) is 7.62. The molecule has 0 fully saturated rings. The molecule has 0 bridgehead atoms. The second-order valence-corrected chi connectivity index (χ2v) is 14.0. The summed E-state index contributed by atoms with van der Waals surface area (Å²) in [5, 5.41) is 2.22. The molecule has 4 rings (SSSR count). The molecular weight excluding hydrogens is 679 g/mol. The van der Waals surface area contributed by atoms with E-state index in [1.54, 1.807) is 75.4 Å². The Kier molecular flexibility index (Phi) is 12.0. The first-order valence-electron chi connectivity index (χ1n) is 15.3. The second-order valence-electron chi connectivity index (χ2n) is 11.7. The number of hydrogen-bond acceptors (Lipinski definition) is 5. The minimum Gasteiger partial charge on any atom is -0.497 e. The minimum absolute atomic E-state index is 0.0684. The van der Waals surface area contributed by atoms with Gasteiger partial charge in [-0.25, -0.2) is 8.42 Å². The lowest BCUT2D eigenvalue weighted by Gasteiger charge is -2.34. The van der Waals surface area contributed by atoms with E-state index in [0.717, 1.165) is 23.3 Å². The van der Waals surface area contributed by atoms with Crippen LogP contribution in [0.3, 0.4) is 0 Å². The summed E-state index contributed by atoms with van der Waals surface area (Å²) >= 11 is 5.88. The van der Waals surface area contributed by atoms with Crippen LogP contribution in [0, 0.1) is 6.92 Å². The number of benzene rings is 4. The summed E-state index contributed by atoms with van der Waals surface area (Å²) in [6, 6.07) is 22.7. The Balaban J connectivity index is 1.88. The largest absolute Gasteiger partial charge is 0.497 e. The van der Waals surface area contributed by atoms with Gasteiger partial charge in [0.1, 0.15) is 18.3 Å². The number of alkyl halides is 3. The highest BCUT2D eigenvalue weighted by Crippen LogP contribution is 2.38. The van der Waals surface area contributed by atoms with Gasteiger partial charge in [-0.2, -0.15) is 13.2 Å². The number of ether oxygens (including phenoxy) is 1. The van der Waals surface area contributed by atoms with Gasteiger partial charge in [-0.15, -0.1) is 0 Å². The summed E-state index contributed by atoms with van der Waals surface area (Å²) < 4.78 is 76.2. The summed E-state index contributed by atoms with van der Waals surface area (Å²) in [6.07, 6.45) is -4.84. The third-order valence-corrected chi connectivity index (χ3v) is 9.74. The van der Waals surface area contributed by atoms with Gasteiger partial charge in [-0.1, -0.05) is 71.8 Å². The molecule has 0 unspecified atom stereocenters. The molecule has 0 aliphatic heterocycles. The van der Waals surface area contributed by atoms with Crippen molar-refractivity contribution in [1.29, 1.82) is 0 Å². The van der Waals surface area contributed by atoms with Crippen LogP contribution in [-0.2, 0) is 38.8 Å². The van der Waals surface area contributed by atoms with Crippen molar-refractivity contribution in [2.45, 2.75) is 56.9 Å². The number of carbonyl (C=O) groups is 2. The Morgan fingerprint density at radius 2 is 1.55 bits per heavy atom. The number of rotatable bonds is 13. The molecule has 8 nitrogen and oxygen atoms in total. The molecule has 13 heteroatoms. The van der Waals surface area contributed by atoms with Gasteiger partial charge >= 0.3 is 6.18 Å². The standard InChI is InChI=1S/C36H37ClF3N3O5S/c1-24(2)41-35(45)33(20-26-9-6-5-7-10-26)42(22-27-11-8-12-29(19-27)48-4)34(44)23-43(49(46,47)30-16-13-25(3)14-17-30)28-15-18-32(37)31(21-28)36(38,39)40/h5-19,21,24,33H,20,22-23H2,1-4H3,(H,41,45)/t33-/m1/s1. The number of hydrogen-bond donors (Lipinski definition) is 1. The molecule has 0 aromatic heterocycles. The molecular formula is C36H37ClF3N3O5S. The van der Waals surface area contributed by atoms with Gasteiger partial charge in [0, 0.05) is 19.0 Å². The number of carbonyl (C=O) groups excluding carboxylic acids is 2. The first-order valence-corrected chi connectivity index (χ1v) is 17.1. The smallest absolute Gasteiger partial charge is 0.417 e. The molecule has 1 N–H and O–H groups in total. The van der Waals surface area contributed by atoms with Gasteiger partial charge < -0.3 is 15.0 Å². The summed E-state index contributed by atoms with van der Waals surface area (Å²) in [4.78, 5) is 29.4. The lowest BCUT2D eigenvalue weighted by molar-refractivity contribution is -0.140. The Morgan fingerprint density at radius 1 is 0.898 bits per heavy atom. The summed E-state index contributed by atoms with van der Waals surface area (Å²) in [5.74, 6) is -0.837. The van der Waals surface area contributed by atoms with E-state index >= 15 is 0 Å². The summed E-state index contributed by atoms with van der Waals surface area (Å²) in [6.45, 7) is 4.20. The summed E-state index contributed by atoms with van der Waals surface area (Å²) in [7, 11) is -3.15. The molecule has 0 saturated heterocycles. The topological polar surface area (TPSA) is 96.0 Å². The molecule has 4 aromatic carbocycles. The van der Waals surface area contributed by atoms with E-state index in [-0.39, 0.29) is 23.9 Å². The van der Waals surface area contributed by atoms with Crippen molar-refractivity contribution < 1.29 is 35.9 Å². The fourth-order valence-corrected chi connectivity index (χ4v) is 6.78. The van der Waals surface area contributed by atoms with Crippen LogP contribution >= 0.6 is 11.6 Å². The van der Waals surface area contributed by atoms with Gasteiger partial charge in [0.05, 0.1) is 28.3 Å². The minimum atomic E-state index is -4.91. The fourth-order valence-electron chi connectivity index (χ4n) is 5.15. The van der Waals surface area contributed by atoms with Gasteiger partial charge in [-0.05, 0) is 74.4 Å². The molecule has 4 aromatic rings. The highest BCUT2D eigenvalue weighted by atomic mass is 35.5. The molecule has 0 heterocycles. The lowest BCUT2D eigenvalue weighted by atomic mass is 10.0. The number of aryl methyl sites for hydroxylation is 1. The molecule has 260 valence electrons. The Labute approximate surface area is 289 Å². The van der Waals surface area contributed by atoms with E-state index in [1.807, 2.05) is 0 Å². The molecule has 49 heavy (non-hydrogen) atoms. The number of methoxy groups -OCH3 is 1. The quantitative estimate of drug-likeness (QED) is 0.160. The first-order chi connectivity index (χ1) is 23.1. The van der Waals surface area contributed by atoms with Crippen molar-refractivity contribution in [3.05, 3.63) is 124 Å². The van der Waals surface area contributed by atoms with Crippen molar-refractivity contribution >= 4 is 39.1 Å². The molecule has 2 amide bonds. The predicted octanol–water partition coefficient (Wildman–Crippen LogP) is 7.04. The van der Waals surface area contributed by atoms with Crippen LogP contribution in [0.2, 0.25) is 5.02 Å². The van der Waals surface area contributed by atoms with E-state index in [9.17, 15) is 31.2 Å². The number of halogens is 4. The van der Waals surface area contributed by atoms with Gasteiger partial charge in [0.2, 0.25) is 11.8 Å². The zero-order valence-corrected chi connectivity index (χ0v) is 28.9. The highest BCUT2D eigenvalue weighted by Gasteiger charge is 2.38. The number of nitrogens with one attached hydrogen (secondary N) is 1. The Hall–Kier alpha value is -4.55. The molecule has 0 aliphatic rings. The van der Waals surface area contributed by atoms with E-state index < -0.39 is 56.9 Å². The van der Waals surface area contributed by atoms with Crippen LogP contribution in [0.5, 0.6) is 5.75 Å². The molecule has 0 radical (unpaired) electrons. The van der Waals surface area contributed by atoms with Crippen LogP contribution < -0.4 is 14.4 Å². The number of nitrogens with zero attached hydrogens (tertiary/aromatic N) is 2. The van der Waals surface area contributed by atoms with E-state index in [1.165, 1.54) is 36.3 Å². The normalized spacial score (nSPS) is 12.3. The van der Waals surface area contributed by atoms with Gasteiger partial charge in [0.15, 0.2) is 0 Å². The van der Waals surface area contributed by atoms with Crippen LogP contribution in [0.4, 0.5) is 18.9 Å². The number of sulfonamides is 1.